The predicted octanol–water partition coefficient (Wildman–Crippen LogP) is 13.4. The maximum Gasteiger partial charge on any atom is 0.143 e. The summed E-state index contributed by atoms with van der Waals surface area (Å²) in [4.78, 5) is 0. The van der Waals surface area contributed by atoms with Gasteiger partial charge in [0.1, 0.15) is 11.2 Å². The number of hydrogen-bond acceptors (Lipinski definition) is 1. The molecule has 48 heavy (non-hydrogen) atoms. The van der Waals surface area contributed by atoms with Gasteiger partial charge in [-0.25, -0.2) is 0 Å². The fourth-order valence-electron chi connectivity index (χ4n) is 7.30. The normalized spacial score (nSPS) is 11.4. The molecule has 0 aliphatic rings. The van der Waals surface area contributed by atoms with Crippen LogP contribution in [0.3, 0.4) is 0 Å². The van der Waals surface area contributed by atoms with Crippen molar-refractivity contribution in [3.8, 4) is 55.6 Å². The quantitative estimate of drug-likeness (QED) is 0.188. The summed E-state index contributed by atoms with van der Waals surface area (Å²) in [5, 5.41) is 4.69. The van der Waals surface area contributed by atoms with Crippen molar-refractivity contribution in [3.05, 3.63) is 181 Å². The minimum Gasteiger partial charge on any atom is -0.455 e. The summed E-state index contributed by atoms with van der Waals surface area (Å²) in [6, 6.07) is 63.3. The van der Waals surface area contributed by atoms with Crippen LogP contribution in [0.2, 0.25) is 0 Å². The van der Waals surface area contributed by atoms with Crippen molar-refractivity contribution in [3.63, 3.8) is 0 Å². The van der Waals surface area contributed by atoms with Crippen LogP contribution in [0, 0.1) is 6.92 Å². The Morgan fingerprint density at radius 3 is 1.29 bits per heavy atom. The number of aryl methyl sites for hydroxylation is 1. The summed E-state index contributed by atoms with van der Waals surface area (Å²) in [6.45, 7) is 2.16. The van der Waals surface area contributed by atoms with Gasteiger partial charge in [-0.3, -0.25) is 0 Å². The lowest BCUT2D eigenvalue weighted by Gasteiger charge is -2.18. The zero-order chi connectivity index (χ0) is 32.0. The Hall–Kier alpha value is -6.18. The zero-order valence-electron chi connectivity index (χ0n) is 26.7. The molecule has 0 aliphatic carbocycles. The molecule has 0 saturated heterocycles. The molecule has 1 heteroatoms. The molecule has 1 nitrogen and oxygen atoms in total. The Kier molecular flexibility index (Phi) is 6.76. The van der Waals surface area contributed by atoms with Crippen LogP contribution in [0.25, 0.3) is 88.3 Å². The highest BCUT2D eigenvalue weighted by atomic mass is 16.3. The maximum absolute atomic E-state index is 6.46. The lowest BCUT2D eigenvalue weighted by molar-refractivity contribution is 0.672. The van der Waals surface area contributed by atoms with E-state index in [0.717, 1.165) is 21.9 Å². The summed E-state index contributed by atoms with van der Waals surface area (Å²) in [5.41, 5.74) is 15.2. The molecule has 0 aliphatic heterocycles. The van der Waals surface area contributed by atoms with Crippen LogP contribution >= 0.6 is 0 Å². The van der Waals surface area contributed by atoms with Gasteiger partial charge in [0.2, 0.25) is 0 Å². The van der Waals surface area contributed by atoms with E-state index in [1.54, 1.807) is 0 Å². The van der Waals surface area contributed by atoms with Crippen molar-refractivity contribution < 1.29 is 4.42 Å². The molecule has 0 radical (unpaired) electrons. The topological polar surface area (TPSA) is 13.1 Å². The average molecular weight is 613 g/mol. The monoisotopic (exact) mass is 612 g/mol. The van der Waals surface area contributed by atoms with E-state index in [-0.39, 0.29) is 0 Å². The molecule has 0 atom stereocenters. The van der Waals surface area contributed by atoms with Crippen LogP contribution in [0.1, 0.15) is 5.56 Å². The van der Waals surface area contributed by atoms with Crippen molar-refractivity contribution in [2.75, 3.05) is 0 Å². The smallest absolute Gasteiger partial charge is 0.143 e. The Labute approximate surface area is 280 Å². The van der Waals surface area contributed by atoms with E-state index in [2.05, 4.69) is 183 Å². The maximum atomic E-state index is 6.46. The van der Waals surface area contributed by atoms with Gasteiger partial charge < -0.3 is 4.42 Å². The van der Waals surface area contributed by atoms with Crippen LogP contribution in [0.5, 0.6) is 0 Å². The van der Waals surface area contributed by atoms with Gasteiger partial charge in [-0.15, -0.1) is 0 Å². The largest absolute Gasteiger partial charge is 0.455 e. The molecule has 226 valence electrons. The average Bonchev–Trinajstić information content (AvgIpc) is 3.55. The lowest BCUT2D eigenvalue weighted by Crippen LogP contribution is -1.92. The highest BCUT2D eigenvalue weighted by molar-refractivity contribution is 6.19. The number of furan rings is 1. The van der Waals surface area contributed by atoms with Crippen LogP contribution in [-0.2, 0) is 0 Å². The van der Waals surface area contributed by atoms with Gasteiger partial charge >= 0.3 is 0 Å². The minimum atomic E-state index is 0.935. The first kappa shape index (κ1) is 28.1. The molecule has 1 aromatic heterocycles. The van der Waals surface area contributed by atoms with E-state index in [4.69, 9.17) is 4.42 Å². The third-order valence-electron chi connectivity index (χ3n) is 9.63. The molecule has 0 saturated carbocycles. The fourth-order valence-corrected chi connectivity index (χ4v) is 7.30. The van der Waals surface area contributed by atoms with E-state index in [1.165, 1.54) is 72.0 Å². The second-order valence-corrected chi connectivity index (χ2v) is 12.5. The van der Waals surface area contributed by atoms with Crippen molar-refractivity contribution in [2.24, 2.45) is 0 Å². The molecule has 0 amide bonds. The fraction of sp³-hybridized carbons (Fsp3) is 0.0213. The van der Waals surface area contributed by atoms with Crippen molar-refractivity contribution in [2.45, 2.75) is 6.92 Å². The lowest BCUT2D eigenvalue weighted by atomic mass is 9.85. The highest BCUT2D eigenvalue weighted by Crippen LogP contribution is 2.44. The summed E-state index contributed by atoms with van der Waals surface area (Å²) in [5.74, 6) is 0. The molecule has 0 unspecified atom stereocenters. The molecule has 8 aromatic carbocycles. The van der Waals surface area contributed by atoms with Crippen LogP contribution in [0.15, 0.2) is 180 Å². The third-order valence-corrected chi connectivity index (χ3v) is 9.63. The predicted molar refractivity (Wildman–Crippen MR) is 203 cm³/mol. The van der Waals surface area contributed by atoms with E-state index < -0.39 is 0 Å². The third kappa shape index (κ3) is 4.71. The Morgan fingerprint density at radius 2 is 0.771 bits per heavy atom. The van der Waals surface area contributed by atoms with Gasteiger partial charge in [0.25, 0.3) is 0 Å². The van der Waals surface area contributed by atoms with Gasteiger partial charge in [0.05, 0.1) is 0 Å². The van der Waals surface area contributed by atoms with Crippen molar-refractivity contribution in [1.29, 1.82) is 0 Å². The molecular formula is C47H32O. The number of benzene rings is 8. The first-order valence-corrected chi connectivity index (χ1v) is 16.5. The van der Waals surface area contributed by atoms with E-state index in [9.17, 15) is 0 Å². The number of fused-ring (bicyclic) bond motifs is 5. The number of rotatable bonds is 5. The first-order valence-electron chi connectivity index (χ1n) is 16.5. The van der Waals surface area contributed by atoms with Crippen molar-refractivity contribution >= 4 is 32.7 Å². The van der Waals surface area contributed by atoms with Gasteiger partial charge in [-0.05, 0) is 97.8 Å². The molecule has 9 aromatic rings. The summed E-state index contributed by atoms with van der Waals surface area (Å²) in [6.07, 6.45) is 0. The van der Waals surface area contributed by atoms with E-state index in [0.29, 0.717) is 0 Å². The Bertz CT molecular complexity index is 2580. The van der Waals surface area contributed by atoms with Gasteiger partial charge in [-0.2, -0.15) is 0 Å². The van der Waals surface area contributed by atoms with E-state index in [1.807, 2.05) is 0 Å². The van der Waals surface area contributed by atoms with Crippen LogP contribution in [0.4, 0.5) is 0 Å². The number of hydrogen-bond donors (Lipinski definition) is 0. The minimum absolute atomic E-state index is 0.935. The molecule has 0 bridgehead atoms. The highest BCUT2D eigenvalue weighted by Gasteiger charge is 2.18. The van der Waals surface area contributed by atoms with Crippen LogP contribution < -0.4 is 0 Å². The van der Waals surface area contributed by atoms with E-state index >= 15 is 0 Å². The molecule has 0 fully saturated rings. The van der Waals surface area contributed by atoms with Gasteiger partial charge in [-0.1, -0.05) is 152 Å². The Balaban J connectivity index is 1.25. The van der Waals surface area contributed by atoms with Crippen molar-refractivity contribution in [1.82, 2.24) is 0 Å². The van der Waals surface area contributed by atoms with Gasteiger partial charge in [0, 0.05) is 16.2 Å². The summed E-state index contributed by atoms with van der Waals surface area (Å²) < 4.78 is 6.46. The Morgan fingerprint density at radius 1 is 0.333 bits per heavy atom. The zero-order valence-corrected chi connectivity index (χ0v) is 26.7. The molecule has 0 spiro atoms. The molecule has 1 heterocycles. The summed E-state index contributed by atoms with van der Waals surface area (Å²) >= 11 is 0. The SMILES string of the molecule is Cc1cccc2oc3c4ccccc4c(-c4ccc(-c5cc(-c6ccccc6)c(-c6ccccc6)cc5-c5ccccc5)cc4)cc3c12. The molecular weight excluding hydrogens is 581 g/mol. The first-order chi connectivity index (χ1) is 23.7. The standard InChI is InChI=1S/C47H32O/c1-31-14-13-23-45-46(31)44-30-39(37-21-11-12-22-38(37)47(44)48-45)35-24-26-36(27-25-35)43-29-41(33-17-7-3-8-18-33)40(32-15-5-2-6-16-32)28-42(43)34-19-9-4-10-20-34/h2-30H,1H3. The van der Waals surface area contributed by atoms with Crippen LogP contribution in [-0.4, -0.2) is 0 Å². The molecule has 0 N–H and O–H groups in total. The second-order valence-electron chi connectivity index (χ2n) is 12.5. The second kappa shape index (κ2) is 11.6. The van der Waals surface area contributed by atoms with Gasteiger partial charge in [0.15, 0.2) is 0 Å². The summed E-state index contributed by atoms with van der Waals surface area (Å²) in [7, 11) is 0. The molecule has 9 rings (SSSR count).